The Morgan fingerprint density at radius 1 is 1.07 bits per heavy atom. The van der Waals surface area contributed by atoms with Gasteiger partial charge in [0.2, 0.25) is 11.8 Å². The average molecular weight is 440 g/mol. The van der Waals surface area contributed by atoms with Crippen LogP contribution in [0.2, 0.25) is 0 Å². The molecule has 1 fully saturated rings. The number of nitrogens with one attached hydrogen (secondary N) is 2. The number of amides is 2. The summed E-state index contributed by atoms with van der Waals surface area (Å²) in [4.78, 5) is 23.1. The van der Waals surface area contributed by atoms with Crippen molar-refractivity contribution >= 4 is 21.8 Å². The smallest absolute Gasteiger partial charge is 0.352 e. The van der Waals surface area contributed by atoms with E-state index in [2.05, 4.69) is 5.32 Å². The lowest BCUT2D eigenvalue weighted by atomic mass is 10.0. The molecule has 0 heterocycles. The molecule has 0 bridgehead atoms. The Morgan fingerprint density at radius 2 is 1.70 bits per heavy atom. The van der Waals surface area contributed by atoms with Gasteiger partial charge in [0.1, 0.15) is 0 Å². The Morgan fingerprint density at radius 3 is 2.30 bits per heavy atom. The molecule has 2 atom stereocenters. The summed E-state index contributed by atoms with van der Waals surface area (Å²) in [7, 11) is -4.17. The molecule has 0 aromatic heterocycles. The Kier molecular flexibility index (Phi) is 5.89. The van der Waals surface area contributed by atoms with Crippen LogP contribution in [0.5, 0.6) is 0 Å². The molecule has 160 valence electrons. The minimum absolute atomic E-state index is 0.00938. The van der Waals surface area contributed by atoms with Crippen molar-refractivity contribution < 1.29 is 31.2 Å². The van der Waals surface area contributed by atoms with Crippen molar-refractivity contribution in [2.24, 2.45) is 5.92 Å². The predicted molar refractivity (Wildman–Crippen MR) is 102 cm³/mol. The van der Waals surface area contributed by atoms with Gasteiger partial charge in [-0.15, -0.1) is 0 Å². The van der Waals surface area contributed by atoms with Crippen LogP contribution < -0.4 is 10.0 Å². The van der Waals surface area contributed by atoms with Gasteiger partial charge < -0.3 is 5.32 Å². The zero-order chi connectivity index (χ0) is 22.1. The van der Waals surface area contributed by atoms with Crippen molar-refractivity contribution in [1.29, 1.82) is 0 Å². The summed E-state index contributed by atoms with van der Waals surface area (Å²) in [6.07, 6.45) is -4.41. The zero-order valence-electron chi connectivity index (χ0n) is 15.9. The fourth-order valence-corrected chi connectivity index (χ4v) is 4.22. The van der Waals surface area contributed by atoms with Crippen LogP contribution in [0.25, 0.3) is 0 Å². The third kappa shape index (κ3) is 4.99. The molecule has 1 saturated carbocycles. The molecule has 2 aromatic rings. The second kappa shape index (κ2) is 8.10. The Hall–Kier alpha value is -2.88. The van der Waals surface area contributed by atoms with Crippen LogP contribution in [0.15, 0.2) is 53.4 Å². The summed E-state index contributed by atoms with van der Waals surface area (Å²) < 4.78 is 66.3. The second-order valence-corrected chi connectivity index (χ2v) is 8.74. The van der Waals surface area contributed by atoms with Crippen LogP contribution in [0, 0.1) is 5.92 Å². The lowest BCUT2D eigenvalue weighted by Crippen LogP contribution is -2.32. The maximum atomic E-state index is 13.2. The Balaban J connectivity index is 1.68. The molecule has 0 aliphatic heterocycles. The zero-order valence-corrected chi connectivity index (χ0v) is 16.7. The standard InChI is InChI=1S/C20H19F3N2O4S/c1-12(26)24-11-13-6-8-14(9-7-13)30(28,29)25-19(27)17-10-16(17)15-4-2-3-5-18(15)20(21,22)23/h2-9,16-17H,10-11H2,1H3,(H,24,26)(H,25,27). The predicted octanol–water partition coefficient (Wildman–Crippen LogP) is 2.95. The van der Waals surface area contributed by atoms with Gasteiger partial charge in [0.05, 0.1) is 10.5 Å². The van der Waals surface area contributed by atoms with Gasteiger partial charge in [-0.25, -0.2) is 13.1 Å². The van der Waals surface area contributed by atoms with E-state index in [0.29, 0.717) is 5.56 Å². The van der Waals surface area contributed by atoms with Crippen LogP contribution in [-0.2, 0) is 32.3 Å². The molecule has 3 rings (SSSR count). The van der Waals surface area contributed by atoms with Crippen LogP contribution in [0.3, 0.4) is 0 Å². The van der Waals surface area contributed by atoms with E-state index in [1.54, 1.807) is 0 Å². The fraction of sp³-hybridized carbons (Fsp3) is 0.300. The lowest BCUT2D eigenvalue weighted by Gasteiger charge is -2.12. The van der Waals surface area contributed by atoms with Gasteiger partial charge in [0, 0.05) is 19.4 Å². The summed E-state index contributed by atoms with van der Waals surface area (Å²) in [6, 6.07) is 10.5. The summed E-state index contributed by atoms with van der Waals surface area (Å²) in [6.45, 7) is 1.58. The molecule has 1 aliphatic rings. The van der Waals surface area contributed by atoms with Crippen LogP contribution in [0.4, 0.5) is 13.2 Å². The van der Waals surface area contributed by atoms with Crippen molar-refractivity contribution in [1.82, 2.24) is 10.0 Å². The van der Waals surface area contributed by atoms with Gasteiger partial charge in [0.25, 0.3) is 10.0 Å². The van der Waals surface area contributed by atoms with Crippen molar-refractivity contribution in [3.05, 3.63) is 65.2 Å². The minimum atomic E-state index is -4.55. The van der Waals surface area contributed by atoms with E-state index in [-0.39, 0.29) is 29.3 Å². The first-order valence-corrected chi connectivity index (χ1v) is 10.5. The summed E-state index contributed by atoms with van der Waals surface area (Å²) in [5, 5.41) is 2.57. The average Bonchev–Trinajstić information content (AvgIpc) is 3.47. The molecule has 30 heavy (non-hydrogen) atoms. The number of hydrogen-bond acceptors (Lipinski definition) is 4. The molecule has 2 amide bonds. The SMILES string of the molecule is CC(=O)NCc1ccc(S(=O)(=O)NC(=O)C2CC2c2ccccc2C(F)(F)F)cc1. The summed E-state index contributed by atoms with van der Waals surface area (Å²) >= 11 is 0. The van der Waals surface area contributed by atoms with Gasteiger partial charge in [-0.1, -0.05) is 30.3 Å². The highest BCUT2D eigenvalue weighted by molar-refractivity contribution is 7.90. The number of hydrogen-bond donors (Lipinski definition) is 2. The minimum Gasteiger partial charge on any atom is -0.352 e. The molecule has 0 spiro atoms. The molecule has 2 unspecified atom stereocenters. The molecule has 6 nitrogen and oxygen atoms in total. The molecule has 2 N–H and O–H groups in total. The number of carbonyl (C=O) groups excluding carboxylic acids is 2. The quantitative estimate of drug-likeness (QED) is 0.723. The molecular formula is C20H19F3N2O4S. The van der Waals surface area contributed by atoms with Crippen molar-refractivity contribution in [2.45, 2.75) is 36.9 Å². The van der Waals surface area contributed by atoms with Gasteiger partial charge in [-0.3, -0.25) is 9.59 Å². The van der Waals surface area contributed by atoms with Crippen LogP contribution in [0.1, 0.15) is 36.0 Å². The molecule has 0 radical (unpaired) electrons. The van der Waals surface area contributed by atoms with Crippen molar-refractivity contribution in [3.63, 3.8) is 0 Å². The van der Waals surface area contributed by atoms with E-state index >= 15 is 0 Å². The Labute approximate surface area is 171 Å². The normalized spacial score (nSPS) is 18.5. The molecule has 2 aromatic carbocycles. The van der Waals surface area contributed by atoms with Gasteiger partial charge >= 0.3 is 6.18 Å². The van der Waals surface area contributed by atoms with E-state index in [1.165, 1.54) is 49.4 Å². The highest BCUT2D eigenvalue weighted by Crippen LogP contribution is 2.51. The lowest BCUT2D eigenvalue weighted by molar-refractivity contribution is -0.138. The van der Waals surface area contributed by atoms with Gasteiger partial charge in [-0.05, 0) is 41.7 Å². The van der Waals surface area contributed by atoms with Gasteiger partial charge in [0.15, 0.2) is 0 Å². The first-order chi connectivity index (χ1) is 14.0. The number of carbonyl (C=O) groups is 2. The first-order valence-electron chi connectivity index (χ1n) is 9.05. The maximum Gasteiger partial charge on any atom is 0.416 e. The van der Waals surface area contributed by atoms with Crippen molar-refractivity contribution in [2.75, 3.05) is 0 Å². The third-order valence-corrected chi connectivity index (χ3v) is 6.17. The number of halogens is 3. The fourth-order valence-electron chi connectivity index (χ4n) is 3.19. The highest BCUT2D eigenvalue weighted by atomic mass is 32.2. The number of benzene rings is 2. The third-order valence-electron chi connectivity index (χ3n) is 4.80. The summed E-state index contributed by atoms with van der Waals surface area (Å²) in [5.41, 5.74) is -0.158. The van der Waals surface area contributed by atoms with E-state index in [4.69, 9.17) is 0 Å². The highest BCUT2D eigenvalue weighted by Gasteiger charge is 2.48. The molecular weight excluding hydrogens is 421 g/mol. The molecule has 10 heteroatoms. The Bertz CT molecular complexity index is 1070. The van der Waals surface area contributed by atoms with E-state index in [0.717, 1.165) is 6.07 Å². The van der Waals surface area contributed by atoms with Crippen molar-refractivity contribution in [3.8, 4) is 0 Å². The second-order valence-electron chi connectivity index (χ2n) is 7.06. The van der Waals surface area contributed by atoms with Gasteiger partial charge in [-0.2, -0.15) is 13.2 Å². The van der Waals surface area contributed by atoms with Crippen LogP contribution >= 0.6 is 0 Å². The maximum absolute atomic E-state index is 13.2. The first kappa shape index (κ1) is 21.8. The number of alkyl halides is 3. The van der Waals surface area contributed by atoms with Crippen LogP contribution in [-0.4, -0.2) is 20.2 Å². The number of sulfonamides is 1. The van der Waals surface area contributed by atoms with E-state index < -0.39 is 39.5 Å². The largest absolute Gasteiger partial charge is 0.416 e. The molecule has 0 saturated heterocycles. The topological polar surface area (TPSA) is 92.3 Å². The summed E-state index contributed by atoms with van der Waals surface area (Å²) in [5.74, 6) is -2.59. The van der Waals surface area contributed by atoms with E-state index in [1.807, 2.05) is 4.72 Å². The molecule has 1 aliphatic carbocycles. The van der Waals surface area contributed by atoms with E-state index in [9.17, 15) is 31.2 Å². The number of rotatable bonds is 6. The monoisotopic (exact) mass is 440 g/mol.